The molecule has 0 bridgehead atoms. The minimum atomic E-state index is -0.596. The Kier molecular flexibility index (Phi) is 3.49. The van der Waals surface area contributed by atoms with Crippen molar-refractivity contribution >= 4 is 23.2 Å². The molecular weight excluding hydrogens is 260 g/mol. The number of non-ortho nitro benzene ring substituents is 1. The number of β-amino-alcohol motifs (C(OH)–C–C–N with tert-alkyl or cyclic N) is 1. The van der Waals surface area contributed by atoms with E-state index in [1.54, 1.807) is 0 Å². The van der Waals surface area contributed by atoms with E-state index < -0.39 is 11.0 Å². The van der Waals surface area contributed by atoms with E-state index in [1.165, 1.54) is 23.1 Å². The summed E-state index contributed by atoms with van der Waals surface area (Å²) in [5.74, 6) is -0.350. The van der Waals surface area contributed by atoms with Gasteiger partial charge in [0.05, 0.1) is 11.0 Å². The van der Waals surface area contributed by atoms with Crippen molar-refractivity contribution in [2.75, 3.05) is 13.1 Å². The van der Waals surface area contributed by atoms with Gasteiger partial charge in [0.25, 0.3) is 11.6 Å². The molecule has 1 atom stereocenters. The van der Waals surface area contributed by atoms with Gasteiger partial charge in [0.1, 0.15) is 0 Å². The number of nitrogens with zero attached hydrogens (tertiary/aromatic N) is 2. The molecule has 0 unspecified atom stereocenters. The zero-order valence-electron chi connectivity index (χ0n) is 9.38. The number of likely N-dealkylation sites (tertiary alicyclic amines) is 1. The van der Waals surface area contributed by atoms with Crippen molar-refractivity contribution in [1.29, 1.82) is 0 Å². The number of carbonyl (C=O) groups is 1. The van der Waals surface area contributed by atoms with Crippen molar-refractivity contribution in [1.82, 2.24) is 4.90 Å². The highest BCUT2D eigenvalue weighted by Crippen LogP contribution is 2.23. The molecule has 1 heterocycles. The summed E-state index contributed by atoms with van der Waals surface area (Å²) in [5.41, 5.74) is -0.0473. The second kappa shape index (κ2) is 4.91. The van der Waals surface area contributed by atoms with E-state index in [9.17, 15) is 20.0 Å². The van der Waals surface area contributed by atoms with Crippen molar-refractivity contribution < 1.29 is 14.8 Å². The molecule has 1 fully saturated rings. The largest absolute Gasteiger partial charge is 0.391 e. The lowest BCUT2D eigenvalue weighted by molar-refractivity contribution is -0.384. The second-order valence-electron chi connectivity index (χ2n) is 4.15. The average molecular weight is 271 g/mol. The predicted molar refractivity (Wildman–Crippen MR) is 64.6 cm³/mol. The van der Waals surface area contributed by atoms with Gasteiger partial charge in [-0.15, -0.1) is 0 Å². The van der Waals surface area contributed by atoms with Crippen molar-refractivity contribution in [3.63, 3.8) is 0 Å². The molecule has 1 N–H and O–H groups in total. The van der Waals surface area contributed by atoms with Crippen LogP contribution in [0.2, 0.25) is 5.02 Å². The Morgan fingerprint density at radius 1 is 1.50 bits per heavy atom. The summed E-state index contributed by atoms with van der Waals surface area (Å²) in [5, 5.41) is 20.2. The molecule has 1 amide bonds. The Bertz CT molecular complexity index is 506. The second-order valence-corrected chi connectivity index (χ2v) is 4.59. The van der Waals surface area contributed by atoms with Gasteiger partial charge < -0.3 is 10.0 Å². The molecule has 1 aromatic rings. The average Bonchev–Trinajstić information content (AvgIpc) is 2.74. The molecule has 1 saturated heterocycles. The Morgan fingerprint density at radius 3 is 2.78 bits per heavy atom. The summed E-state index contributed by atoms with van der Waals surface area (Å²) in [4.78, 5) is 23.6. The van der Waals surface area contributed by atoms with Gasteiger partial charge in [-0.25, -0.2) is 0 Å². The zero-order valence-corrected chi connectivity index (χ0v) is 10.1. The van der Waals surface area contributed by atoms with E-state index in [0.29, 0.717) is 13.0 Å². The minimum Gasteiger partial charge on any atom is -0.391 e. The maximum atomic E-state index is 12.1. The molecule has 1 aliphatic heterocycles. The molecule has 7 heteroatoms. The molecular formula is C11H11ClN2O4. The number of rotatable bonds is 2. The normalized spacial score (nSPS) is 19.0. The molecule has 6 nitrogen and oxygen atoms in total. The summed E-state index contributed by atoms with van der Waals surface area (Å²) in [6.45, 7) is 0.694. The first-order valence-electron chi connectivity index (χ1n) is 5.39. The van der Waals surface area contributed by atoms with Crippen LogP contribution in [0.25, 0.3) is 0 Å². The predicted octanol–water partition coefficient (Wildman–Crippen LogP) is 1.45. The summed E-state index contributed by atoms with van der Waals surface area (Å²) >= 11 is 5.75. The highest BCUT2D eigenvalue weighted by Gasteiger charge is 2.26. The zero-order chi connectivity index (χ0) is 13.3. The number of hydrogen-bond acceptors (Lipinski definition) is 4. The van der Waals surface area contributed by atoms with E-state index in [1.807, 2.05) is 0 Å². The number of nitro groups is 1. The lowest BCUT2D eigenvalue weighted by atomic mass is 10.2. The Balaban J connectivity index is 2.27. The van der Waals surface area contributed by atoms with Crippen LogP contribution in [-0.2, 0) is 0 Å². The molecule has 1 aliphatic rings. The molecule has 0 radical (unpaired) electrons. The lowest BCUT2D eigenvalue weighted by Crippen LogP contribution is -2.29. The molecule has 0 saturated carbocycles. The van der Waals surface area contributed by atoms with Crippen LogP contribution in [0.15, 0.2) is 18.2 Å². The number of aliphatic hydroxyl groups excluding tert-OH is 1. The number of benzene rings is 1. The fourth-order valence-electron chi connectivity index (χ4n) is 1.91. The summed E-state index contributed by atoms with van der Waals surface area (Å²) < 4.78 is 0. The van der Waals surface area contributed by atoms with E-state index in [4.69, 9.17) is 11.6 Å². The van der Waals surface area contributed by atoms with Gasteiger partial charge in [-0.05, 0) is 12.5 Å². The van der Waals surface area contributed by atoms with Gasteiger partial charge >= 0.3 is 0 Å². The molecule has 0 spiro atoms. The SMILES string of the molecule is O=C(c1cc(Cl)cc([N+](=O)[O-])c1)N1CC[C@H](O)C1. The highest BCUT2D eigenvalue weighted by molar-refractivity contribution is 6.31. The van der Waals surface area contributed by atoms with Crippen LogP contribution in [0.1, 0.15) is 16.8 Å². The van der Waals surface area contributed by atoms with Gasteiger partial charge in [0.2, 0.25) is 0 Å². The first kappa shape index (κ1) is 12.8. The highest BCUT2D eigenvalue weighted by atomic mass is 35.5. The molecule has 1 aromatic carbocycles. The van der Waals surface area contributed by atoms with Crippen molar-refractivity contribution in [2.45, 2.75) is 12.5 Å². The quantitative estimate of drug-likeness (QED) is 0.651. The summed E-state index contributed by atoms with van der Waals surface area (Å²) in [6, 6.07) is 3.78. The van der Waals surface area contributed by atoms with Crippen molar-refractivity contribution in [3.8, 4) is 0 Å². The minimum absolute atomic E-state index is 0.146. The van der Waals surface area contributed by atoms with Crippen LogP contribution < -0.4 is 0 Å². The van der Waals surface area contributed by atoms with Crippen LogP contribution in [-0.4, -0.2) is 40.0 Å². The van der Waals surface area contributed by atoms with Crippen LogP contribution >= 0.6 is 11.6 Å². The van der Waals surface area contributed by atoms with E-state index in [0.717, 1.165) is 0 Å². The van der Waals surface area contributed by atoms with Gasteiger partial charge in [-0.3, -0.25) is 14.9 Å². The Morgan fingerprint density at radius 2 is 2.22 bits per heavy atom. The molecule has 96 valence electrons. The van der Waals surface area contributed by atoms with Gasteiger partial charge in [-0.1, -0.05) is 11.6 Å². The maximum Gasteiger partial charge on any atom is 0.271 e. The van der Waals surface area contributed by atoms with Crippen LogP contribution in [0.4, 0.5) is 5.69 Å². The number of halogens is 1. The fraction of sp³-hybridized carbons (Fsp3) is 0.364. The van der Waals surface area contributed by atoms with Crippen LogP contribution in [0.5, 0.6) is 0 Å². The van der Waals surface area contributed by atoms with E-state index >= 15 is 0 Å². The smallest absolute Gasteiger partial charge is 0.271 e. The molecule has 0 aliphatic carbocycles. The fourth-order valence-corrected chi connectivity index (χ4v) is 2.14. The number of hydrogen-bond donors (Lipinski definition) is 1. The van der Waals surface area contributed by atoms with Crippen LogP contribution in [0.3, 0.4) is 0 Å². The summed E-state index contributed by atoms with van der Waals surface area (Å²) in [6.07, 6.45) is -0.00267. The first-order valence-corrected chi connectivity index (χ1v) is 5.77. The third kappa shape index (κ3) is 2.60. The first-order chi connectivity index (χ1) is 8.47. The number of nitro benzene ring substituents is 1. The lowest BCUT2D eigenvalue weighted by Gasteiger charge is -2.15. The summed E-state index contributed by atoms with van der Waals surface area (Å²) in [7, 11) is 0. The number of carbonyl (C=O) groups excluding carboxylic acids is 1. The third-order valence-corrected chi connectivity index (χ3v) is 3.01. The molecule has 2 rings (SSSR count). The van der Waals surface area contributed by atoms with Crippen molar-refractivity contribution in [3.05, 3.63) is 38.9 Å². The van der Waals surface area contributed by atoms with Crippen LogP contribution in [0, 0.1) is 10.1 Å². The third-order valence-electron chi connectivity index (χ3n) is 2.79. The maximum absolute atomic E-state index is 12.1. The standard InChI is InChI=1S/C11H11ClN2O4/c12-8-3-7(4-9(5-8)14(17)18)11(16)13-2-1-10(15)6-13/h3-5,10,15H,1-2,6H2/t10-/m0/s1. The monoisotopic (exact) mass is 270 g/mol. The Labute approximate surface area is 108 Å². The Hall–Kier alpha value is -1.66. The van der Waals surface area contributed by atoms with E-state index in [-0.39, 0.29) is 28.7 Å². The molecule has 18 heavy (non-hydrogen) atoms. The van der Waals surface area contributed by atoms with Gasteiger partial charge in [-0.2, -0.15) is 0 Å². The molecule has 0 aromatic heterocycles. The van der Waals surface area contributed by atoms with E-state index in [2.05, 4.69) is 0 Å². The van der Waals surface area contributed by atoms with Gasteiger partial charge in [0.15, 0.2) is 0 Å². The number of amides is 1. The van der Waals surface area contributed by atoms with Gasteiger partial charge in [0, 0.05) is 35.8 Å². The van der Waals surface area contributed by atoms with Crippen molar-refractivity contribution in [2.24, 2.45) is 0 Å². The topological polar surface area (TPSA) is 83.7 Å². The number of aliphatic hydroxyl groups is 1.